The topological polar surface area (TPSA) is 20.2 Å². The number of rotatable bonds is 6. The maximum atomic E-state index is 9.80. The van der Waals surface area contributed by atoms with E-state index in [4.69, 9.17) is 0 Å². The molecule has 0 heterocycles. The molecule has 0 radical (unpaired) electrons. The Morgan fingerprint density at radius 2 is 1.75 bits per heavy atom. The molecule has 1 nitrogen and oxygen atoms in total. The third-order valence-corrected chi connectivity index (χ3v) is 2.89. The van der Waals surface area contributed by atoms with Crippen molar-refractivity contribution >= 4 is 0 Å². The lowest BCUT2D eigenvalue weighted by molar-refractivity contribution is 0.0385. The van der Waals surface area contributed by atoms with Gasteiger partial charge in [-0.1, -0.05) is 47.0 Å². The Hall–Kier alpha value is -0.0400. The molecule has 0 aliphatic rings. The Balaban J connectivity index is 3.63. The Bertz CT molecular complexity index is 108. The van der Waals surface area contributed by atoms with Gasteiger partial charge in [0.15, 0.2) is 0 Å². The number of unbranched alkanes of at least 4 members (excludes halogenated alkanes) is 2. The van der Waals surface area contributed by atoms with Crippen molar-refractivity contribution in [3.8, 4) is 0 Å². The number of hydrogen-bond donors (Lipinski definition) is 1. The lowest BCUT2D eigenvalue weighted by Gasteiger charge is -2.29. The van der Waals surface area contributed by atoms with Crippen LogP contribution in [0.15, 0.2) is 0 Å². The first-order valence-electron chi connectivity index (χ1n) is 5.22. The molecule has 0 bridgehead atoms. The van der Waals surface area contributed by atoms with E-state index in [1.165, 1.54) is 19.3 Å². The van der Waals surface area contributed by atoms with Gasteiger partial charge >= 0.3 is 0 Å². The van der Waals surface area contributed by atoms with Gasteiger partial charge in [-0.05, 0) is 18.3 Å². The van der Waals surface area contributed by atoms with Crippen LogP contribution in [0.2, 0.25) is 0 Å². The normalized spacial score (nSPS) is 14.8. The highest BCUT2D eigenvalue weighted by Gasteiger charge is 2.24. The zero-order chi connectivity index (χ0) is 9.61. The van der Waals surface area contributed by atoms with Gasteiger partial charge < -0.3 is 5.11 Å². The highest BCUT2D eigenvalue weighted by atomic mass is 16.3. The van der Waals surface area contributed by atoms with Crippen LogP contribution in [0.5, 0.6) is 0 Å². The van der Waals surface area contributed by atoms with Crippen LogP contribution < -0.4 is 0 Å². The van der Waals surface area contributed by atoms with Crippen LogP contribution >= 0.6 is 0 Å². The van der Waals surface area contributed by atoms with Crippen LogP contribution in [0.25, 0.3) is 0 Å². The lowest BCUT2D eigenvalue weighted by atomic mass is 9.81. The zero-order valence-electron chi connectivity index (χ0n) is 9.06. The minimum atomic E-state index is -0.117. The molecule has 1 unspecified atom stereocenters. The molecule has 1 atom stereocenters. The molecule has 0 amide bonds. The van der Waals surface area contributed by atoms with Gasteiger partial charge in [0.25, 0.3) is 0 Å². The van der Waals surface area contributed by atoms with Crippen molar-refractivity contribution in [2.75, 3.05) is 0 Å². The van der Waals surface area contributed by atoms with Crippen molar-refractivity contribution in [2.24, 2.45) is 5.41 Å². The van der Waals surface area contributed by atoms with E-state index >= 15 is 0 Å². The summed E-state index contributed by atoms with van der Waals surface area (Å²) in [5.74, 6) is 0. The fraction of sp³-hybridized carbons (Fsp3) is 1.00. The maximum Gasteiger partial charge on any atom is 0.0591 e. The predicted octanol–water partition coefficient (Wildman–Crippen LogP) is 3.36. The molecule has 0 aliphatic carbocycles. The van der Waals surface area contributed by atoms with Gasteiger partial charge in [0.2, 0.25) is 0 Å². The molecule has 12 heavy (non-hydrogen) atoms. The van der Waals surface area contributed by atoms with E-state index in [2.05, 4.69) is 27.7 Å². The Morgan fingerprint density at radius 1 is 1.17 bits per heavy atom. The Labute approximate surface area is 77.2 Å². The fourth-order valence-corrected chi connectivity index (χ4v) is 1.21. The monoisotopic (exact) mass is 172 g/mol. The van der Waals surface area contributed by atoms with Crippen molar-refractivity contribution in [3.05, 3.63) is 0 Å². The van der Waals surface area contributed by atoms with Gasteiger partial charge in [0.1, 0.15) is 0 Å². The summed E-state index contributed by atoms with van der Waals surface area (Å²) in [4.78, 5) is 0. The third-order valence-electron chi connectivity index (χ3n) is 2.89. The van der Waals surface area contributed by atoms with E-state index in [9.17, 15) is 5.11 Å². The third kappa shape index (κ3) is 4.10. The minimum absolute atomic E-state index is 0.105. The second kappa shape index (κ2) is 5.58. The smallest absolute Gasteiger partial charge is 0.0591 e. The quantitative estimate of drug-likeness (QED) is 0.609. The van der Waals surface area contributed by atoms with Crippen molar-refractivity contribution in [1.82, 2.24) is 0 Å². The van der Waals surface area contributed by atoms with Crippen LogP contribution in [0.1, 0.15) is 59.8 Å². The zero-order valence-corrected chi connectivity index (χ0v) is 9.06. The first-order chi connectivity index (χ1) is 5.54. The van der Waals surface area contributed by atoms with Crippen LogP contribution in [0.4, 0.5) is 0 Å². The average molecular weight is 172 g/mol. The van der Waals surface area contributed by atoms with Gasteiger partial charge in [-0.25, -0.2) is 0 Å². The van der Waals surface area contributed by atoms with Crippen LogP contribution in [0, 0.1) is 5.41 Å². The summed E-state index contributed by atoms with van der Waals surface area (Å²) in [7, 11) is 0. The highest BCUT2D eigenvalue weighted by molar-refractivity contribution is 4.75. The van der Waals surface area contributed by atoms with E-state index in [-0.39, 0.29) is 11.5 Å². The largest absolute Gasteiger partial charge is 0.393 e. The van der Waals surface area contributed by atoms with Gasteiger partial charge in [-0.15, -0.1) is 0 Å². The standard InChI is InChI=1S/C11H24O/c1-5-7-8-9-10(12)11(3,4)6-2/h10,12H,5-9H2,1-4H3. The molecular weight excluding hydrogens is 148 g/mol. The number of aliphatic hydroxyl groups excluding tert-OH is 1. The molecule has 0 aromatic carbocycles. The van der Waals surface area contributed by atoms with E-state index < -0.39 is 0 Å². The Morgan fingerprint density at radius 3 is 2.17 bits per heavy atom. The average Bonchev–Trinajstić information content (AvgIpc) is 2.05. The molecule has 0 spiro atoms. The fourth-order valence-electron chi connectivity index (χ4n) is 1.21. The molecule has 74 valence electrons. The SMILES string of the molecule is CCCCCC(O)C(C)(C)CC. The summed E-state index contributed by atoms with van der Waals surface area (Å²) < 4.78 is 0. The summed E-state index contributed by atoms with van der Waals surface area (Å²) in [5.41, 5.74) is 0.105. The van der Waals surface area contributed by atoms with Crippen LogP contribution in [-0.4, -0.2) is 11.2 Å². The molecular formula is C11H24O. The molecule has 0 aliphatic heterocycles. The molecule has 0 aromatic rings. The van der Waals surface area contributed by atoms with Crippen LogP contribution in [-0.2, 0) is 0 Å². The second-order valence-electron chi connectivity index (χ2n) is 4.35. The summed E-state index contributed by atoms with van der Waals surface area (Å²) in [5, 5.41) is 9.80. The van der Waals surface area contributed by atoms with Crippen molar-refractivity contribution in [2.45, 2.75) is 65.9 Å². The first-order valence-corrected chi connectivity index (χ1v) is 5.22. The molecule has 0 saturated carbocycles. The molecule has 0 fully saturated rings. The van der Waals surface area contributed by atoms with Crippen molar-refractivity contribution < 1.29 is 5.11 Å². The molecule has 0 aromatic heterocycles. The number of aliphatic hydroxyl groups is 1. The lowest BCUT2D eigenvalue weighted by Crippen LogP contribution is -2.28. The van der Waals surface area contributed by atoms with Crippen molar-refractivity contribution in [3.63, 3.8) is 0 Å². The van der Waals surface area contributed by atoms with E-state index in [0.29, 0.717) is 0 Å². The molecule has 0 saturated heterocycles. The number of hydrogen-bond acceptors (Lipinski definition) is 1. The predicted molar refractivity (Wildman–Crippen MR) is 54.2 cm³/mol. The maximum absolute atomic E-state index is 9.80. The molecule has 0 rings (SSSR count). The summed E-state index contributed by atoms with van der Waals surface area (Å²) in [6.45, 7) is 8.62. The second-order valence-corrected chi connectivity index (χ2v) is 4.35. The Kier molecular flexibility index (Phi) is 5.56. The highest BCUT2D eigenvalue weighted by Crippen LogP contribution is 2.27. The van der Waals surface area contributed by atoms with Gasteiger partial charge in [0.05, 0.1) is 6.10 Å². The van der Waals surface area contributed by atoms with E-state index in [0.717, 1.165) is 12.8 Å². The summed E-state index contributed by atoms with van der Waals surface area (Å²) >= 11 is 0. The van der Waals surface area contributed by atoms with E-state index in [1.807, 2.05) is 0 Å². The minimum Gasteiger partial charge on any atom is -0.393 e. The van der Waals surface area contributed by atoms with Gasteiger partial charge in [-0.2, -0.15) is 0 Å². The van der Waals surface area contributed by atoms with E-state index in [1.54, 1.807) is 0 Å². The molecule has 1 N–H and O–H groups in total. The van der Waals surface area contributed by atoms with Crippen molar-refractivity contribution in [1.29, 1.82) is 0 Å². The molecule has 1 heteroatoms. The first kappa shape index (κ1) is 12.0. The van der Waals surface area contributed by atoms with Gasteiger partial charge in [0, 0.05) is 0 Å². The summed E-state index contributed by atoms with van der Waals surface area (Å²) in [6.07, 6.45) is 5.56. The summed E-state index contributed by atoms with van der Waals surface area (Å²) in [6, 6.07) is 0. The van der Waals surface area contributed by atoms with Crippen LogP contribution in [0.3, 0.4) is 0 Å². The van der Waals surface area contributed by atoms with Gasteiger partial charge in [-0.3, -0.25) is 0 Å².